The van der Waals surface area contributed by atoms with Crippen LogP contribution in [0.1, 0.15) is 50.2 Å². The maximum atomic E-state index is 10.6. The lowest BCUT2D eigenvalue weighted by Gasteiger charge is -2.25. The molecule has 1 fully saturated rings. The molecule has 4 rings (SSSR count). The van der Waals surface area contributed by atoms with Crippen LogP contribution in [0.2, 0.25) is 0 Å². The molecular formula is C27H35N3O2. The summed E-state index contributed by atoms with van der Waals surface area (Å²) in [5.41, 5.74) is 4.31. The van der Waals surface area contributed by atoms with Crippen LogP contribution in [0.25, 0.3) is 11.3 Å². The lowest BCUT2D eigenvalue weighted by Crippen LogP contribution is -2.34. The van der Waals surface area contributed by atoms with Gasteiger partial charge in [-0.3, -0.25) is 4.90 Å². The van der Waals surface area contributed by atoms with E-state index in [0.29, 0.717) is 19.1 Å². The Labute approximate surface area is 191 Å². The Bertz CT molecular complexity index is 994. The first-order chi connectivity index (χ1) is 15.5. The molecule has 0 spiro atoms. The molecule has 0 radical (unpaired) electrons. The summed E-state index contributed by atoms with van der Waals surface area (Å²) in [4.78, 5) is 2.42. The van der Waals surface area contributed by atoms with Crippen LogP contribution in [0.5, 0.6) is 11.6 Å². The Morgan fingerprint density at radius 3 is 2.50 bits per heavy atom. The van der Waals surface area contributed by atoms with Crippen LogP contribution in [0.15, 0.2) is 54.6 Å². The molecule has 2 aromatic carbocycles. The average Bonchev–Trinajstić information content (AvgIpc) is 3.60. The molecule has 1 saturated carbocycles. The standard InChI is InChI=1S/C27H35N3O2/c1-4-5-11-23(31)18-30(22-14-15-22)19-25-26(21-9-7-6-8-10-21)28-29(3)27(25)32-24-16-12-20(2)13-17-24/h6-10,12-13,16-17,22-23,31H,4-5,11,14-15,18-19H2,1-3H3/t23-/m0/s1. The molecule has 1 atom stereocenters. The van der Waals surface area contributed by atoms with Gasteiger partial charge in [-0.15, -0.1) is 0 Å². The van der Waals surface area contributed by atoms with E-state index in [1.807, 2.05) is 42.1 Å². The molecule has 3 aromatic rings. The number of aliphatic hydroxyl groups excluding tert-OH is 1. The number of hydrogen-bond acceptors (Lipinski definition) is 4. The van der Waals surface area contributed by atoms with Gasteiger partial charge in [0.1, 0.15) is 11.4 Å². The Morgan fingerprint density at radius 2 is 1.84 bits per heavy atom. The van der Waals surface area contributed by atoms with Gasteiger partial charge >= 0.3 is 0 Å². The van der Waals surface area contributed by atoms with Gasteiger partial charge < -0.3 is 9.84 Å². The summed E-state index contributed by atoms with van der Waals surface area (Å²) >= 11 is 0. The van der Waals surface area contributed by atoms with Crippen LogP contribution in [0.3, 0.4) is 0 Å². The van der Waals surface area contributed by atoms with E-state index in [0.717, 1.165) is 47.7 Å². The van der Waals surface area contributed by atoms with E-state index in [4.69, 9.17) is 9.84 Å². The maximum Gasteiger partial charge on any atom is 0.222 e. The minimum absolute atomic E-state index is 0.297. The molecule has 32 heavy (non-hydrogen) atoms. The van der Waals surface area contributed by atoms with Crippen molar-refractivity contribution in [2.24, 2.45) is 7.05 Å². The second-order valence-electron chi connectivity index (χ2n) is 8.99. The molecule has 1 N–H and O–H groups in total. The third-order valence-corrected chi connectivity index (χ3v) is 6.13. The van der Waals surface area contributed by atoms with Gasteiger partial charge in [-0.05, 0) is 38.3 Å². The van der Waals surface area contributed by atoms with Crippen molar-refractivity contribution in [1.29, 1.82) is 0 Å². The SMILES string of the molecule is CCCC[C@H](O)CN(Cc1c(-c2ccccc2)nn(C)c1Oc1ccc(C)cc1)C1CC1. The molecule has 1 aliphatic rings. The van der Waals surface area contributed by atoms with Gasteiger partial charge in [0.2, 0.25) is 5.88 Å². The van der Waals surface area contributed by atoms with Crippen molar-refractivity contribution in [3.63, 3.8) is 0 Å². The highest BCUT2D eigenvalue weighted by Gasteiger charge is 2.32. The number of rotatable bonds is 11. The molecule has 1 aliphatic carbocycles. The molecule has 0 aliphatic heterocycles. The summed E-state index contributed by atoms with van der Waals surface area (Å²) in [5.74, 6) is 1.57. The Kier molecular flexibility index (Phi) is 7.28. The van der Waals surface area contributed by atoms with Crippen LogP contribution in [0.4, 0.5) is 0 Å². The number of ether oxygens (including phenoxy) is 1. The van der Waals surface area contributed by atoms with E-state index in [-0.39, 0.29) is 6.10 Å². The van der Waals surface area contributed by atoms with Crippen molar-refractivity contribution in [1.82, 2.24) is 14.7 Å². The van der Waals surface area contributed by atoms with Crippen molar-refractivity contribution in [2.75, 3.05) is 6.54 Å². The fourth-order valence-corrected chi connectivity index (χ4v) is 4.16. The minimum atomic E-state index is -0.297. The highest BCUT2D eigenvalue weighted by atomic mass is 16.5. The minimum Gasteiger partial charge on any atom is -0.439 e. The molecule has 0 unspecified atom stereocenters. The van der Waals surface area contributed by atoms with E-state index in [1.165, 1.54) is 18.4 Å². The first-order valence-corrected chi connectivity index (χ1v) is 11.8. The van der Waals surface area contributed by atoms with E-state index in [9.17, 15) is 5.11 Å². The van der Waals surface area contributed by atoms with Crippen molar-refractivity contribution in [2.45, 2.75) is 64.6 Å². The lowest BCUT2D eigenvalue weighted by molar-refractivity contribution is 0.0951. The van der Waals surface area contributed by atoms with Gasteiger partial charge in [0, 0.05) is 31.7 Å². The van der Waals surface area contributed by atoms with Gasteiger partial charge in [0.25, 0.3) is 0 Å². The Balaban J connectivity index is 1.66. The van der Waals surface area contributed by atoms with Crippen LogP contribution in [-0.2, 0) is 13.6 Å². The summed E-state index contributed by atoms with van der Waals surface area (Å²) in [6, 6.07) is 19.0. The molecule has 0 saturated heterocycles. The third-order valence-electron chi connectivity index (χ3n) is 6.13. The van der Waals surface area contributed by atoms with Crippen LogP contribution in [-0.4, -0.2) is 38.5 Å². The van der Waals surface area contributed by atoms with Gasteiger partial charge in [-0.25, -0.2) is 4.68 Å². The smallest absolute Gasteiger partial charge is 0.222 e. The quantitative estimate of drug-likeness (QED) is 0.421. The molecule has 5 nitrogen and oxygen atoms in total. The number of aryl methyl sites for hydroxylation is 2. The van der Waals surface area contributed by atoms with Crippen LogP contribution < -0.4 is 4.74 Å². The van der Waals surface area contributed by atoms with Crippen molar-refractivity contribution in [3.05, 3.63) is 65.7 Å². The van der Waals surface area contributed by atoms with Gasteiger partial charge in [-0.2, -0.15) is 5.10 Å². The summed E-state index contributed by atoms with van der Waals surface area (Å²) < 4.78 is 8.22. The highest BCUT2D eigenvalue weighted by Crippen LogP contribution is 2.37. The number of benzene rings is 2. The first kappa shape index (κ1) is 22.6. The highest BCUT2D eigenvalue weighted by molar-refractivity contribution is 5.65. The van der Waals surface area contributed by atoms with E-state index >= 15 is 0 Å². The fraction of sp³-hybridized carbons (Fsp3) is 0.444. The molecule has 5 heteroatoms. The Morgan fingerprint density at radius 1 is 1.12 bits per heavy atom. The molecular weight excluding hydrogens is 398 g/mol. The summed E-state index contributed by atoms with van der Waals surface area (Å²) in [5, 5.41) is 15.5. The molecule has 0 amide bonds. The van der Waals surface area contributed by atoms with Crippen molar-refractivity contribution >= 4 is 0 Å². The lowest BCUT2D eigenvalue weighted by atomic mass is 10.1. The normalized spacial score (nSPS) is 14.7. The molecule has 1 heterocycles. The summed E-state index contributed by atoms with van der Waals surface area (Å²) in [7, 11) is 1.94. The van der Waals surface area contributed by atoms with Crippen LogP contribution >= 0.6 is 0 Å². The van der Waals surface area contributed by atoms with Gasteiger partial charge in [0.05, 0.1) is 11.7 Å². The molecule has 1 aromatic heterocycles. The predicted octanol–water partition coefficient (Wildman–Crippen LogP) is 5.70. The van der Waals surface area contributed by atoms with Gasteiger partial charge in [-0.1, -0.05) is 67.8 Å². The summed E-state index contributed by atoms with van der Waals surface area (Å²) in [6.07, 6.45) is 5.10. The zero-order chi connectivity index (χ0) is 22.5. The molecule has 0 bridgehead atoms. The first-order valence-electron chi connectivity index (χ1n) is 11.8. The monoisotopic (exact) mass is 433 g/mol. The van der Waals surface area contributed by atoms with Crippen molar-refractivity contribution < 1.29 is 9.84 Å². The van der Waals surface area contributed by atoms with Crippen molar-refractivity contribution in [3.8, 4) is 22.9 Å². The topological polar surface area (TPSA) is 50.5 Å². The van der Waals surface area contributed by atoms with E-state index in [1.54, 1.807) is 0 Å². The largest absolute Gasteiger partial charge is 0.439 e. The number of hydrogen-bond donors (Lipinski definition) is 1. The maximum absolute atomic E-state index is 10.6. The number of aromatic nitrogens is 2. The Hall–Kier alpha value is -2.63. The number of nitrogens with zero attached hydrogens (tertiary/aromatic N) is 3. The zero-order valence-corrected chi connectivity index (χ0v) is 19.5. The van der Waals surface area contributed by atoms with E-state index < -0.39 is 0 Å². The molecule has 170 valence electrons. The summed E-state index contributed by atoms with van der Waals surface area (Å²) in [6.45, 7) is 5.65. The number of unbranched alkanes of at least 4 members (excludes halogenated alkanes) is 1. The predicted molar refractivity (Wildman–Crippen MR) is 129 cm³/mol. The van der Waals surface area contributed by atoms with Crippen LogP contribution in [0, 0.1) is 6.92 Å². The zero-order valence-electron chi connectivity index (χ0n) is 19.5. The third kappa shape index (κ3) is 5.59. The second-order valence-corrected chi connectivity index (χ2v) is 8.99. The number of aliphatic hydroxyl groups is 1. The average molecular weight is 434 g/mol. The second kappa shape index (κ2) is 10.3. The van der Waals surface area contributed by atoms with E-state index in [2.05, 4.69) is 43.0 Å². The fourth-order valence-electron chi connectivity index (χ4n) is 4.16. The van der Waals surface area contributed by atoms with Gasteiger partial charge in [0.15, 0.2) is 0 Å².